The van der Waals surface area contributed by atoms with Crippen LogP contribution in [0.5, 0.6) is 0 Å². The van der Waals surface area contributed by atoms with E-state index in [0.29, 0.717) is 18.8 Å². The van der Waals surface area contributed by atoms with Crippen molar-refractivity contribution in [2.45, 2.75) is 58.8 Å². The molecule has 1 saturated heterocycles. The lowest BCUT2D eigenvalue weighted by Crippen LogP contribution is -2.56. The molecular formula is C21H28O5. The van der Waals surface area contributed by atoms with E-state index >= 15 is 0 Å². The second-order valence-electron chi connectivity index (χ2n) is 9.43. The van der Waals surface area contributed by atoms with Gasteiger partial charge in [-0.05, 0) is 62.7 Å². The molecule has 6 atom stereocenters. The van der Waals surface area contributed by atoms with Crippen LogP contribution in [0.4, 0.5) is 0 Å². The lowest BCUT2D eigenvalue weighted by Gasteiger charge is -2.54. The zero-order chi connectivity index (χ0) is 18.9. The third-order valence-corrected chi connectivity index (χ3v) is 8.19. The van der Waals surface area contributed by atoms with Gasteiger partial charge in [-0.15, -0.1) is 0 Å². The van der Waals surface area contributed by atoms with Crippen LogP contribution in [-0.4, -0.2) is 25.0 Å². The predicted octanol–water partition coefficient (Wildman–Crippen LogP) is 3.42. The number of hydrogen-bond acceptors (Lipinski definition) is 5. The molecule has 0 aromatic carbocycles. The van der Waals surface area contributed by atoms with Crippen molar-refractivity contribution in [3.05, 3.63) is 12.2 Å². The van der Waals surface area contributed by atoms with Crippen LogP contribution < -0.4 is 0 Å². The first kappa shape index (κ1) is 17.7. The summed E-state index contributed by atoms with van der Waals surface area (Å²) in [6, 6.07) is 0. The molecule has 0 radical (unpaired) electrons. The van der Waals surface area contributed by atoms with Crippen molar-refractivity contribution in [2.24, 2.45) is 34.0 Å². The van der Waals surface area contributed by atoms with E-state index in [2.05, 4.69) is 13.5 Å². The third-order valence-electron chi connectivity index (χ3n) is 8.19. The fourth-order valence-corrected chi connectivity index (χ4v) is 7.13. The summed E-state index contributed by atoms with van der Waals surface area (Å²) in [5.74, 6) is -1.10. The van der Waals surface area contributed by atoms with Crippen molar-refractivity contribution < 1.29 is 23.9 Å². The Morgan fingerprint density at radius 1 is 1.23 bits per heavy atom. The summed E-state index contributed by atoms with van der Waals surface area (Å²) in [5, 5.41) is 0. The molecule has 4 rings (SSSR count). The van der Waals surface area contributed by atoms with Gasteiger partial charge in [0.2, 0.25) is 0 Å². The van der Waals surface area contributed by atoms with Crippen LogP contribution in [-0.2, 0) is 23.9 Å². The monoisotopic (exact) mass is 360 g/mol. The van der Waals surface area contributed by atoms with Crippen molar-refractivity contribution in [3.63, 3.8) is 0 Å². The van der Waals surface area contributed by atoms with E-state index in [-0.39, 0.29) is 11.9 Å². The first-order valence-electron chi connectivity index (χ1n) is 9.71. The van der Waals surface area contributed by atoms with Gasteiger partial charge in [0.15, 0.2) is 0 Å². The molecular weight excluding hydrogens is 332 g/mol. The number of cyclic esters (lactones) is 2. The Kier molecular flexibility index (Phi) is 3.71. The molecule has 1 aliphatic heterocycles. The van der Waals surface area contributed by atoms with E-state index in [0.717, 1.165) is 37.7 Å². The summed E-state index contributed by atoms with van der Waals surface area (Å²) in [6.07, 6.45) is 5.61. The molecule has 5 heteroatoms. The highest BCUT2D eigenvalue weighted by Gasteiger charge is 2.69. The molecule has 4 aliphatic rings. The molecule has 142 valence electrons. The first-order valence-corrected chi connectivity index (χ1v) is 9.71. The number of rotatable bonds is 2. The third kappa shape index (κ3) is 2.00. The SMILES string of the molecule is C=C1C[C@]2(C(=O)OC)C[C@H]1CC[C@H]2[C@]1(C)CCC[C@@]2(C)C(=O)OC(=O)[C@@H]12. The highest BCUT2D eigenvalue weighted by Crippen LogP contribution is 2.68. The van der Waals surface area contributed by atoms with Crippen molar-refractivity contribution in [3.8, 4) is 0 Å². The van der Waals surface area contributed by atoms with E-state index < -0.39 is 34.1 Å². The van der Waals surface area contributed by atoms with Gasteiger partial charge in [0.1, 0.15) is 0 Å². The van der Waals surface area contributed by atoms with Crippen molar-refractivity contribution in [1.29, 1.82) is 0 Å². The number of ether oxygens (including phenoxy) is 2. The van der Waals surface area contributed by atoms with Crippen LogP contribution in [0.2, 0.25) is 0 Å². The van der Waals surface area contributed by atoms with Gasteiger partial charge in [0.25, 0.3) is 0 Å². The maximum absolute atomic E-state index is 13.0. The molecule has 26 heavy (non-hydrogen) atoms. The summed E-state index contributed by atoms with van der Waals surface area (Å²) in [7, 11) is 1.44. The van der Waals surface area contributed by atoms with E-state index in [1.165, 1.54) is 7.11 Å². The summed E-state index contributed by atoms with van der Waals surface area (Å²) in [4.78, 5) is 38.1. The molecule has 3 aliphatic carbocycles. The normalized spacial score (nSPS) is 47.5. The van der Waals surface area contributed by atoms with Gasteiger partial charge in [-0.2, -0.15) is 0 Å². The Morgan fingerprint density at radius 2 is 1.96 bits per heavy atom. The average Bonchev–Trinajstić information content (AvgIpc) is 2.98. The second kappa shape index (κ2) is 5.43. The molecule has 3 saturated carbocycles. The second-order valence-corrected chi connectivity index (χ2v) is 9.43. The Labute approximate surface area is 154 Å². The van der Waals surface area contributed by atoms with E-state index in [1.54, 1.807) is 0 Å². The minimum absolute atomic E-state index is 0.000949. The van der Waals surface area contributed by atoms with E-state index in [4.69, 9.17) is 9.47 Å². The summed E-state index contributed by atoms with van der Waals surface area (Å²) in [6.45, 7) is 8.18. The van der Waals surface area contributed by atoms with Crippen LogP contribution in [0.25, 0.3) is 0 Å². The molecule has 0 spiro atoms. The molecule has 1 heterocycles. The van der Waals surface area contributed by atoms with E-state index in [1.807, 2.05) is 6.92 Å². The quantitative estimate of drug-likeness (QED) is 0.429. The van der Waals surface area contributed by atoms with Gasteiger partial charge >= 0.3 is 17.9 Å². The Balaban J connectivity index is 1.82. The molecule has 0 aromatic heterocycles. The highest BCUT2D eigenvalue weighted by atomic mass is 16.6. The average molecular weight is 360 g/mol. The van der Waals surface area contributed by atoms with Crippen LogP contribution in [0.15, 0.2) is 12.2 Å². The van der Waals surface area contributed by atoms with Gasteiger partial charge in [0, 0.05) is 0 Å². The molecule has 5 nitrogen and oxygen atoms in total. The van der Waals surface area contributed by atoms with Crippen molar-refractivity contribution in [1.82, 2.24) is 0 Å². The van der Waals surface area contributed by atoms with Gasteiger partial charge in [-0.3, -0.25) is 14.4 Å². The number of carbonyl (C=O) groups excluding carboxylic acids is 3. The lowest BCUT2D eigenvalue weighted by atomic mass is 9.46. The maximum atomic E-state index is 13.0. The minimum atomic E-state index is -0.770. The fourth-order valence-electron chi connectivity index (χ4n) is 7.13. The molecule has 2 bridgehead atoms. The van der Waals surface area contributed by atoms with Gasteiger partial charge < -0.3 is 9.47 Å². The highest BCUT2D eigenvalue weighted by molar-refractivity contribution is 5.99. The summed E-state index contributed by atoms with van der Waals surface area (Å²) in [5.41, 5.74) is -0.702. The Bertz CT molecular complexity index is 711. The Morgan fingerprint density at radius 3 is 2.65 bits per heavy atom. The van der Waals surface area contributed by atoms with Crippen LogP contribution in [0.1, 0.15) is 58.8 Å². The topological polar surface area (TPSA) is 69.7 Å². The Hall–Kier alpha value is -1.65. The van der Waals surface area contributed by atoms with E-state index in [9.17, 15) is 14.4 Å². The van der Waals surface area contributed by atoms with Crippen molar-refractivity contribution in [2.75, 3.05) is 7.11 Å². The number of esters is 3. The van der Waals surface area contributed by atoms with Gasteiger partial charge in [0.05, 0.1) is 23.9 Å². The number of hydrogen-bond donors (Lipinski definition) is 0. The summed E-state index contributed by atoms with van der Waals surface area (Å²) >= 11 is 0. The van der Waals surface area contributed by atoms with Crippen LogP contribution in [0.3, 0.4) is 0 Å². The fraction of sp³-hybridized carbons (Fsp3) is 0.762. The zero-order valence-electron chi connectivity index (χ0n) is 15.9. The molecule has 0 aromatic rings. The molecule has 4 fully saturated rings. The number of allylic oxidation sites excluding steroid dienone is 1. The number of fused-ring (bicyclic) bond motifs is 3. The largest absolute Gasteiger partial charge is 0.469 e. The maximum Gasteiger partial charge on any atom is 0.320 e. The minimum Gasteiger partial charge on any atom is -0.469 e. The predicted molar refractivity (Wildman–Crippen MR) is 93.7 cm³/mol. The van der Waals surface area contributed by atoms with Crippen molar-refractivity contribution >= 4 is 17.9 Å². The number of carbonyl (C=O) groups is 3. The van der Waals surface area contributed by atoms with Crippen LogP contribution in [0, 0.1) is 34.0 Å². The van der Waals surface area contributed by atoms with Crippen LogP contribution >= 0.6 is 0 Å². The smallest absolute Gasteiger partial charge is 0.320 e. The zero-order valence-corrected chi connectivity index (χ0v) is 15.9. The molecule has 0 N–H and O–H groups in total. The molecule has 0 unspecified atom stereocenters. The summed E-state index contributed by atoms with van der Waals surface area (Å²) < 4.78 is 10.4. The molecule has 0 amide bonds. The first-order chi connectivity index (χ1) is 12.2. The lowest BCUT2D eigenvalue weighted by molar-refractivity contribution is -0.172. The van der Waals surface area contributed by atoms with Gasteiger partial charge in [-0.1, -0.05) is 25.5 Å². The standard InChI is InChI=1S/C21H28O5/c1-12-10-21(18(24)25-4)11-13(12)6-7-14(21)19(2)8-5-9-20(3)15(19)16(22)26-17(20)23/h13-15H,1,5-11H2,2-4H3/t13-,14+,15+,19+,20-,21+/m1/s1. The number of methoxy groups -OCH3 is 1. The van der Waals surface area contributed by atoms with Gasteiger partial charge in [-0.25, -0.2) is 0 Å².